The van der Waals surface area contributed by atoms with Crippen LogP contribution in [0.1, 0.15) is 24.2 Å². The van der Waals surface area contributed by atoms with Crippen molar-refractivity contribution >= 4 is 21.9 Å². The summed E-state index contributed by atoms with van der Waals surface area (Å²) in [4.78, 5) is 11.1. The van der Waals surface area contributed by atoms with Gasteiger partial charge in [-0.3, -0.25) is 0 Å². The number of carbonyl (C=O) groups is 1. The van der Waals surface area contributed by atoms with Crippen LogP contribution < -0.4 is 4.74 Å². The SMILES string of the molecule is CC.COC(=O)c1cc(F)c(OC)c(Br)c1. The minimum Gasteiger partial charge on any atom is -0.492 e. The number of hydrogen-bond acceptors (Lipinski definition) is 3. The highest BCUT2D eigenvalue weighted by Crippen LogP contribution is 2.29. The summed E-state index contributed by atoms with van der Waals surface area (Å²) in [5.74, 6) is -1.13. The Kier molecular flexibility index (Phi) is 6.72. The number of hydrogen-bond donors (Lipinski definition) is 0. The van der Waals surface area contributed by atoms with Crippen LogP contribution in [0.4, 0.5) is 4.39 Å². The third kappa shape index (κ3) is 3.48. The van der Waals surface area contributed by atoms with Crippen molar-refractivity contribution in [2.24, 2.45) is 0 Å². The lowest BCUT2D eigenvalue weighted by Gasteiger charge is -2.06. The van der Waals surface area contributed by atoms with Gasteiger partial charge in [-0.1, -0.05) is 13.8 Å². The zero-order chi connectivity index (χ0) is 12.7. The van der Waals surface area contributed by atoms with E-state index < -0.39 is 11.8 Å². The van der Waals surface area contributed by atoms with Gasteiger partial charge >= 0.3 is 5.97 Å². The van der Waals surface area contributed by atoms with E-state index in [-0.39, 0.29) is 11.3 Å². The molecular formula is C11H14BrFO3. The maximum absolute atomic E-state index is 13.2. The van der Waals surface area contributed by atoms with Gasteiger partial charge in [0.2, 0.25) is 0 Å². The molecular weight excluding hydrogens is 279 g/mol. The van der Waals surface area contributed by atoms with Gasteiger partial charge in [0, 0.05) is 0 Å². The van der Waals surface area contributed by atoms with Crippen LogP contribution in [0, 0.1) is 5.82 Å². The number of methoxy groups -OCH3 is 2. The highest BCUT2D eigenvalue weighted by Gasteiger charge is 2.14. The summed E-state index contributed by atoms with van der Waals surface area (Å²) in [6.45, 7) is 4.00. The highest BCUT2D eigenvalue weighted by molar-refractivity contribution is 9.10. The van der Waals surface area contributed by atoms with Crippen molar-refractivity contribution in [2.75, 3.05) is 14.2 Å². The fourth-order valence-electron chi connectivity index (χ4n) is 0.991. The summed E-state index contributed by atoms with van der Waals surface area (Å²) in [7, 11) is 2.58. The van der Waals surface area contributed by atoms with Gasteiger partial charge in [0.1, 0.15) is 0 Å². The van der Waals surface area contributed by atoms with Crippen LogP contribution in [0.25, 0.3) is 0 Å². The predicted molar refractivity (Wildman–Crippen MR) is 63.3 cm³/mol. The number of carbonyl (C=O) groups excluding carboxylic acids is 1. The molecule has 90 valence electrons. The molecule has 0 amide bonds. The first-order valence-electron chi connectivity index (χ1n) is 4.71. The smallest absolute Gasteiger partial charge is 0.337 e. The topological polar surface area (TPSA) is 35.5 Å². The Morgan fingerprint density at radius 3 is 2.25 bits per heavy atom. The van der Waals surface area contributed by atoms with Gasteiger partial charge in [-0.05, 0) is 28.1 Å². The zero-order valence-corrected chi connectivity index (χ0v) is 11.2. The molecule has 3 nitrogen and oxygen atoms in total. The second kappa shape index (κ2) is 7.22. The zero-order valence-electron chi connectivity index (χ0n) is 9.64. The first-order chi connectivity index (χ1) is 7.60. The van der Waals surface area contributed by atoms with E-state index in [0.29, 0.717) is 4.47 Å². The first kappa shape index (κ1) is 14.9. The van der Waals surface area contributed by atoms with Crippen LogP contribution in [0.5, 0.6) is 5.75 Å². The Morgan fingerprint density at radius 2 is 1.88 bits per heavy atom. The summed E-state index contributed by atoms with van der Waals surface area (Å²) in [6, 6.07) is 2.50. The van der Waals surface area contributed by atoms with Crippen molar-refractivity contribution in [3.63, 3.8) is 0 Å². The number of ether oxygens (including phenoxy) is 2. The Bertz CT molecular complexity index is 343. The Balaban J connectivity index is 0.00000106. The molecule has 0 aliphatic heterocycles. The van der Waals surface area contributed by atoms with Crippen LogP contribution in [-0.4, -0.2) is 20.2 Å². The third-order valence-corrected chi connectivity index (χ3v) is 2.21. The molecule has 0 bridgehead atoms. The molecule has 0 atom stereocenters. The fourth-order valence-corrected chi connectivity index (χ4v) is 1.59. The second-order valence-electron chi connectivity index (χ2n) is 2.46. The molecule has 1 rings (SSSR count). The van der Waals surface area contributed by atoms with E-state index in [4.69, 9.17) is 4.74 Å². The van der Waals surface area contributed by atoms with Crippen molar-refractivity contribution in [1.82, 2.24) is 0 Å². The normalized spacial score (nSPS) is 8.88. The van der Waals surface area contributed by atoms with E-state index >= 15 is 0 Å². The van der Waals surface area contributed by atoms with Crippen LogP contribution in [0.15, 0.2) is 16.6 Å². The van der Waals surface area contributed by atoms with Crippen molar-refractivity contribution in [3.05, 3.63) is 28.0 Å². The molecule has 0 fully saturated rings. The van der Waals surface area contributed by atoms with Crippen molar-refractivity contribution in [1.29, 1.82) is 0 Å². The van der Waals surface area contributed by atoms with Gasteiger partial charge in [-0.2, -0.15) is 0 Å². The maximum atomic E-state index is 13.2. The van der Waals surface area contributed by atoms with E-state index in [2.05, 4.69) is 20.7 Å². The first-order valence-corrected chi connectivity index (χ1v) is 5.50. The quantitative estimate of drug-likeness (QED) is 0.784. The number of rotatable bonds is 2. The fraction of sp³-hybridized carbons (Fsp3) is 0.364. The molecule has 16 heavy (non-hydrogen) atoms. The Morgan fingerprint density at radius 1 is 1.31 bits per heavy atom. The van der Waals surface area contributed by atoms with Gasteiger partial charge in [0.05, 0.1) is 24.3 Å². The summed E-state index contributed by atoms with van der Waals surface area (Å²) in [5, 5.41) is 0. The number of benzene rings is 1. The van der Waals surface area contributed by atoms with Crippen LogP contribution in [-0.2, 0) is 4.74 Å². The van der Waals surface area contributed by atoms with Crippen molar-refractivity contribution in [3.8, 4) is 5.75 Å². The Labute approximate surface area is 103 Å². The summed E-state index contributed by atoms with van der Waals surface area (Å²) in [5.41, 5.74) is 0.137. The molecule has 0 N–H and O–H groups in total. The van der Waals surface area contributed by atoms with Crippen LogP contribution in [0.3, 0.4) is 0 Å². The highest BCUT2D eigenvalue weighted by atomic mass is 79.9. The van der Waals surface area contributed by atoms with E-state index in [1.807, 2.05) is 13.8 Å². The molecule has 0 saturated carbocycles. The number of halogens is 2. The lowest BCUT2D eigenvalue weighted by Crippen LogP contribution is -2.02. The van der Waals surface area contributed by atoms with Gasteiger partial charge in [-0.25, -0.2) is 9.18 Å². The summed E-state index contributed by atoms with van der Waals surface area (Å²) >= 11 is 3.08. The van der Waals surface area contributed by atoms with E-state index in [1.165, 1.54) is 20.3 Å². The molecule has 0 aromatic heterocycles. The molecule has 5 heteroatoms. The minimum absolute atomic E-state index is 0.0673. The largest absolute Gasteiger partial charge is 0.492 e. The van der Waals surface area contributed by atoms with E-state index in [1.54, 1.807) is 0 Å². The molecule has 0 saturated heterocycles. The lowest BCUT2D eigenvalue weighted by molar-refractivity contribution is 0.0600. The minimum atomic E-state index is -0.609. The van der Waals surface area contributed by atoms with E-state index in [9.17, 15) is 9.18 Å². The van der Waals surface area contributed by atoms with Crippen molar-refractivity contribution < 1.29 is 18.7 Å². The molecule has 0 aliphatic rings. The Hall–Kier alpha value is -1.10. The average molecular weight is 293 g/mol. The van der Waals surface area contributed by atoms with Gasteiger partial charge in [0.15, 0.2) is 11.6 Å². The molecule has 0 spiro atoms. The summed E-state index contributed by atoms with van der Waals surface area (Å²) < 4.78 is 22.8. The average Bonchev–Trinajstić information content (AvgIpc) is 2.30. The second-order valence-corrected chi connectivity index (χ2v) is 3.32. The molecule has 1 aromatic carbocycles. The molecule has 0 heterocycles. The number of esters is 1. The standard InChI is InChI=1S/C9H8BrFO3.C2H6/c1-13-8-6(10)3-5(4-7(8)11)9(12)14-2;1-2/h3-4H,1-2H3;1-2H3. The molecule has 0 radical (unpaired) electrons. The lowest BCUT2D eigenvalue weighted by atomic mass is 10.2. The maximum Gasteiger partial charge on any atom is 0.337 e. The van der Waals surface area contributed by atoms with Crippen LogP contribution >= 0.6 is 15.9 Å². The van der Waals surface area contributed by atoms with Crippen LogP contribution in [0.2, 0.25) is 0 Å². The van der Waals surface area contributed by atoms with Gasteiger partial charge < -0.3 is 9.47 Å². The molecule has 0 aliphatic carbocycles. The van der Waals surface area contributed by atoms with E-state index in [0.717, 1.165) is 6.07 Å². The van der Waals surface area contributed by atoms with Gasteiger partial charge in [0.25, 0.3) is 0 Å². The summed E-state index contributed by atoms with van der Waals surface area (Å²) in [6.07, 6.45) is 0. The molecule has 0 unspecified atom stereocenters. The monoisotopic (exact) mass is 292 g/mol. The predicted octanol–water partition coefficient (Wildman–Crippen LogP) is 3.41. The third-order valence-electron chi connectivity index (χ3n) is 1.62. The van der Waals surface area contributed by atoms with Gasteiger partial charge in [-0.15, -0.1) is 0 Å². The molecule has 1 aromatic rings. The van der Waals surface area contributed by atoms with Crippen molar-refractivity contribution in [2.45, 2.75) is 13.8 Å².